The van der Waals surface area contributed by atoms with Gasteiger partial charge in [-0.3, -0.25) is 4.79 Å². The summed E-state index contributed by atoms with van der Waals surface area (Å²) in [5.74, 6) is 0.855. The predicted octanol–water partition coefficient (Wildman–Crippen LogP) is 4.34. The summed E-state index contributed by atoms with van der Waals surface area (Å²) in [5.41, 5.74) is 0.153. The molecule has 0 aliphatic carbocycles. The Labute approximate surface area is 114 Å². The third-order valence-corrected chi connectivity index (χ3v) is 3.00. The van der Waals surface area contributed by atoms with E-state index < -0.39 is 0 Å². The van der Waals surface area contributed by atoms with Gasteiger partial charge in [0.05, 0.1) is 0 Å². The first-order valence-electron chi connectivity index (χ1n) is 7.18. The Morgan fingerprint density at radius 2 is 1.44 bits per heavy atom. The summed E-state index contributed by atoms with van der Waals surface area (Å²) in [6.07, 6.45) is 1.02. The van der Waals surface area contributed by atoms with Crippen LogP contribution in [0.1, 0.15) is 68.7 Å². The lowest BCUT2D eigenvalue weighted by Crippen LogP contribution is -2.52. The highest BCUT2D eigenvalue weighted by atomic mass is 16.2. The summed E-state index contributed by atoms with van der Waals surface area (Å²) >= 11 is 0. The zero-order chi connectivity index (χ0) is 14.7. The second-order valence-corrected chi connectivity index (χ2v) is 8.05. The van der Waals surface area contributed by atoms with E-state index in [4.69, 9.17) is 0 Å². The first kappa shape index (κ1) is 17.5. The molecule has 0 aromatic carbocycles. The van der Waals surface area contributed by atoms with E-state index >= 15 is 0 Å². The SMILES string of the molecule is CC(C)CN(C(=O)C(C)C)C(C)(C)CC(C)(C)C. The van der Waals surface area contributed by atoms with Crippen LogP contribution in [0.4, 0.5) is 0 Å². The number of amides is 1. The quantitative estimate of drug-likeness (QED) is 0.715. The standard InChI is InChI=1S/C16H33NO/c1-12(2)10-17(14(18)13(3)4)16(8,9)11-15(5,6)7/h12-13H,10-11H2,1-9H3. The maximum atomic E-state index is 12.4. The average molecular weight is 255 g/mol. The van der Waals surface area contributed by atoms with Gasteiger partial charge in [0.1, 0.15) is 0 Å². The van der Waals surface area contributed by atoms with E-state index in [-0.39, 0.29) is 22.8 Å². The van der Waals surface area contributed by atoms with E-state index in [9.17, 15) is 4.79 Å². The van der Waals surface area contributed by atoms with Gasteiger partial charge in [-0.2, -0.15) is 0 Å². The minimum atomic E-state index is -0.0795. The van der Waals surface area contributed by atoms with Gasteiger partial charge in [0, 0.05) is 18.0 Å². The molecule has 0 radical (unpaired) electrons. The van der Waals surface area contributed by atoms with E-state index in [0.29, 0.717) is 5.92 Å². The molecule has 0 aromatic heterocycles. The van der Waals surface area contributed by atoms with Crippen molar-refractivity contribution in [2.24, 2.45) is 17.3 Å². The van der Waals surface area contributed by atoms with Gasteiger partial charge < -0.3 is 4.90 Å². The lowest BCUT2D eigenvalue weighted by Gasteiger charge is -2.44. The molecular formula is C16H33NO. The van der Waals surface area contributed by atoms with Crippen molar-refractivity contribution in [3.05, 3.63) is 0 Å². The predicted molar refractivity (Wildman–Crippen MR) is 79.5 cm³/mol. The highest BCUT2D eigenvalue weighted by Crippen LogP contribution is 2.32. The summed E-state index contributed by atoms with van der Waals surface area (Å²) < 4.78 is 0. The zero-order valence-electron chi connectivity index (χ0n) is 13.9. The van der Waals surface area contributed by atoms with Gasteiger partial charge >= 0.3 is 0 Å². The molecule has 1 amide bonds. The van der Waals surface area contributed by atoms with Crippen LogP contribution in [-0.4, -0.2) is 22.9 Å². The molecule has 2 nitrogen and oxygen atoms in total. The van der Waals surface area contributed by atoms with E-state index in [0.717, 1.165) is 13.0 Å². The van der Waals surface area contributed by atoms with Crippen LogP contribution in [0, 0.1) is 17.3 Å². The van der Waals surface area contributed by atoms with Crippen molar-refractivity contribution in [3.8, 4) is 0 Å². The second kappa shape index (κ2) is 6.08. The number of rotatable bonds is 5. The zero-order valence-corrected chi connectivity index (χ0v) is 13.9. The molecule has 0 aliphatic rings. The fraction of sp³-hybridized carbons (Fsp3) is 0.938. The molecule has 0 unspecified atom stereocenters. The highest BCUT2D eigenvalue weighted by Gasteiger charge is 2.35. The Kier molecular flexibility index (Phi) is 5.90. The molecule has 0 fully saturated rings. The number of carbonyl (C=O) groups excluding carboxylic acids is 1. The van der Waals surface area contributed by atoms with Gasteiger partial charge in [-0.25, -0.2) is 0 Å². The molecule has 0 heterocycles. The van der Waals surface area contributed by atoms with Crippen molar-refractivity contribution in [1.29, 1.82) is 0 Å². The number of hydrogen-bond donors (Lipinski definition) is 0. The molecule has 0 saturated carbocycles. The maximum Gasteiger partial charge on any atom is 0.225 e. The van der Waals surface area contributed by atoms with Gasteiger partial charge in [0.25, 0.3) is 0 Å². The van der Waals surface area contributed by atoms with E-state index in [1.165, 1.54) is 0 Å². The third-order valence-electron chi connectivity index (χ3n) is 3.00. The van der Waals surface area contributed by atoms with Crippen molar-refractivity contribution in [2.45, 2.75) is 74.3 Å². The Bertz CT molecular complexity index is 271. The lowest BCUT2D eigenvalue weighted by molar-refractivity contribution is -0.141. The van der Waals surface area contributed by atoms with Gasteiger partial charge in [-0.05, 0) is 31.6 Å². The van der Waals surface area contributed by atoms with Crippen molar-refractivity contribution < 1.29 is 4.79 Å². The van der Waals surface area contributed by atoms with Crippen molar-refractivity contribution in [3.63, 3.8) is 0 Å². The van der Waals surface area contributed by atoms with E-state index in [1.54, 1.807) is 0 Å². The molecule has 0 bridgehead atoms. The smallest absolute Gasteiger partial charge is 0.225 e. The van der Waals surface area contributed by atoms with Crippen LogP contribution in [0.15, 0.2) is 0 Å². The molecule has 0 aromatic rings. The first-order chi connectivity index (χ1) is 7.87. The Balaban J connectivity index is 5.11. The number of hydrogen-bond acceptors (Lipinski definition) is 1. The van der Waals surface area contributed by atoms with Gasteiger partial charge in [-0.1, -0.05) is 48.5 Å². The van der Waals surface area contributed by atoms with Crippen LogP contribution in [0.3, 0.4) is 0 Å². The fourth-order valence-corrected chi connectivity index (χ4v) is 2.71. The van der Waals surface area contributed by atoms with E-state index in [1.807, 2.05) is 13.8 Å². The third kappa shape index (κ3) is 5.88. The Morgan fingerprint density at radius 1 is 1.00 bits per heavy atom. The average Bonchev–Trinajstić information content (AvgIpc) is 2.08. The topological polar surface area (TPSA) is 20.3 Å². The molecular weight excluding hydrogens is 222 g/mol. The summed E-state index contributed by atoms with van der Waals surface area (Å²) in [7, 11) is 0. The summed E-state index contributed by atoms with van der Waals surface area (Å²) in [6, 6.07) is 0. The van der Waals surface area contributed by atoms with Crippen molar-refractivity contribution in [1.82, 2.24) is 4.90 Å². The first-order valence-corrected chi connectivity index (χ1v) is 7.18. The van der Waals surface area contributed by atoms with Gasteiger partial charge in [0.15, 0.2) is 0 Å². The van der Waals surface area contributed by atoms with Crippen LogP contribution in [0.2, 0.25) is 0 Å². The normalized spacial score (nSPS) is 13.3. The van der Waals surface area contributed by atoms with Crippen LogP contribution >= 0.6 is 0 Å². The number of carbonyl (C=O) groups is 1. The van der Waals surface area contributed by atoms with Crippen molar-refractivity contribution in [2.75, 3.05) is 6.54 Å². The minimum absolute atomic E-state index is 0.0722. The van der Waals surface area contributed by atoms with Crippen LogP contribution in [0.25, 0.3) is 0 Å². The Morgan fingerprint density at radius 3 is 1.72 bits per heavy atom. The van der Waals surface area contributed by atoms with Crippen LogP contribution in [0.5, 0.6) is 0 Å². The number of nitrogens with zero attached hydrogens (tertiary/aromatic N) is 1. The fourth-order valence-electron chi connectivity index (χ4n) is 2.71. The Hall–Kier alpha value is -0.530. The summed E-state index contributed by atoms with van der Waals surface area (Å²) in [6.45, 7) is 20.3. The molecule has 0 spiro atoms. The molecule has 0 rings (SSSR count). The molecule has 18 heavy (non-hydrogen) atoms. The molecule has 108 valence electrons. The molecule has 0 saturated heterocycles. The van der Waals surface area contributed by atoms with E-state index in [2.05, 4.69) is 53.4 Å². The van der Waals surface area contributed by atoms with Crippen molar-refractivity contribution >= 4 is 5.91 Å². The molecule has 0 atom stereocenters. The van der Waals surface area contributed by atoms with Gasteiger partial charge in [0.2, 0.25) is 5.91 Å². The van der Waals surface area contributed by atoms with Crippen LogP contribution in [-0.2, 0) is 4.79 Å². The minimum Gasteiger partial charge on any atom is -0.337 e. The maximum absolute atomic E-state index is 12.4. The monoisotopic (exact) mass is 255 g/mol. The van der Waals surface area contributed by atoms with Crippen LogP contribution < -0.4 is 0 Å². The van der Waals surface area contributed by atoms with Gasteiger partial charge in [-0.15, -0.1) is 0 Å². The largest absolute Gasteiger partial charge is 0.337 e. The molecule has 0 N–H and O–H groups in total. The highest BCUT2D eigenvalue weighted by molar-refractivity contribution is 5.78. The summed E-state index contributed by atoms with van der Waals surface area (Å²) in [5, 5.41) is 0. The summed E-state index contributed by atoms with van der Waals surface area (Å²) in [4.78, 5) is 14.5. The second-order valence-electron chi connectivity index (χ2n) is 8.05. The molecule has 2 heteroatoms. The lowest BCUT2D eigenvalue weighted by atomic mass is 9.80. The molecule has 0 aliphatic heterocycles.